The number of rotatable bonds is 3. The van der Waals surface area contributed by atoms with Gasteiger partial charge in [0.2, 0.25) is 0 Å². The van der Waals surface area contributed by atoms with E-state index in [4.69, 9.17) is 9.47 Å². The van der Waals surface area contributed by atoms with Gasteiger partial charge in [0.05, 0.1) is 13.7 Å². The number of para-hydroxylation sites is 1. The predicted molar refractivity (Wildman–Crippen MR) is 68.6 cm³/mol. The topological polar surface area (TPSA) is 38.8 Å². The van der Waals surface area contributed by atoms with Crippen LogP contribution in [0.3, 0.4) is 0 Å². The Morgan fingerprint density at radius 2 is 1.94 bits per heavy atom. The average Bonchev–Trinajstić information content (AvgIpc) is 2.46. The van der Waals surface area contributed by atoms with E-state index in [1.165, 1.54) is 7.11 Å². The highest BCUT2D eigenvalue weighted by Gasteiger charge is 2.23. The fourth-order valence-electron chi connectivity index (χ4n) is 2.14. The van der Waals surface area contributed by atoms with Crippen molar-refractivity contribution < 1.29 is 14.3 Å². The van der Waals surface area contributed by atoms with Crippen LogP contribution < -0.4 is 4.74 Å². The lowest BCUT2D eigenvalue weighted by Gasteiger charge is -2.30. The second-order valence-corrected chi connectivity index (χ2v) is 4.52. The van der Waals surface area contributed by atoms with Crippen LogP contribution in [0.5, 0.6) is 5.75 Å². The van der Waals surface area contributed by atoms with Crippen LogP contribution in [0.4, 0.5) is 4.79 Å². The van der Waals surface area contributed by atoms with Crippen molar-refractivity contribution in [1.29, 1.82) is 0 Å². The average molecular weight is 249 g/mol. The molecule has 1 aliphatic rings. The van der Waals surface area contributed by atoms with Gasteiger partial charge in [-0.25, -0.2) is 4.79 Å². The van der Waals surface area contributed by atoms with Crippen molar-refractivity contribution in [3.05, 3.63) is 30.3 Å². The molecule has 0 aromatic heterocycles. The number of carbonyl (C=O) groups is 1. The smallest absolute Gasteiger partial charge is 0.409 e. The van der Waals surface area contributed by atoms with Gasteiger partial charge in [-0.1, -0.05) is 18.2 Å². The second kappa shape index (κ2) is 6.28. The van der Waals surface area contributed by atoms with Crippen LogP contribution in [-0.2, 0) is 4.74 Å². The molecule has 1 aliphatic heterocycles. The Morgan fingerprint density at radius 3 is 2.56 bits per heavy atom. The highest BCUT2D eigenvalue weighted by molar-refractivity contribution is 5.67. The van der Waals surface area contributed by atoms with E-state index in [0.29, 0.717) is 5.92 Å². The van der Waals surface area contributed by atoms with Crippen LogP contribution in [0.15, 0.2) is 30.3 Å². The van der Waals surface area contributed by atoms with Gasteiger partial charge in [0.25, 0.3) is 0 Å². The molecule has 2 rings (SSSR count). The lowest BCUT2D eigenvalue weighted by atomic mass is 9.98. The number of hydrogen-bond acceptors (Lipinski definition) is 3. The third-order valence-corrected chi connectivity index (χ3v) is 3.28. The lowest BCUT2D eigenvalue weighted by molar-refractivity contribution is 0.0965. The molecule has 0 aliphatic carbocycles. The van der Waals surface area contributed by atoms with E-state index >= 15 is 0 Å². The lowest BCUT2D eigenvalue weighted by Crippen LogP contribution is -2.39. The van der Waals surface area contributed by atoms with E-state index in [9.17, 15) is 4.79 Å². The molecule has 0 atom stereocenters. The first kappa shape index (κ1) is 12.7. The summed E-state index contributed by atoms with van der Waals surface area (Å²) in [5, 5.41) is 0. The van der Waals surface area contributed by atoms with Crippen LogP contribution in [0, 0.1) is 5.92 Å². The van der Waals surface area contributed by atoms with Crippen molar-refractivity contribution in [2.24, 2.45) is 5.92 Å². The molecule has 18 heavy (non-hydrogen) atoms. The zero-order valence-electron chi connectivity index (χ0n) is 10.7. The maximum atomic E-state index is 11.3. The second-order valence-electron chi connectivity index (χ2n) is 4.52. The minimum atomic E-state index is -0.225. The van der Waals surface area contributed by atoms with Crippen LogP contribution in [0.25, 0.3) is 0 Å². The Labute approximate surface area is 107 Å². The maximum Gasteiger partial charge on any atom is 0.409 e. The molecule has 0 radical (unpaired) electrons. The van der Waals surface area contributed by atoms with Gasteiger partial charge >= 0.3 is 6.09 Å². The molecule has 1 saturated heterocycles. The summed E-state index contributed by atoms with van der Waals surface area (Å²) in [4.78, 5) is 13.1. The zero-order chi connectivity index (χ0) is 12.8. The summed E-state index contributed by atoms with van der Waals surface area (Å²) >= 11 is 0. The number of benzene rings is 1. The van der Waals surface area contributed by atoms with Gasteiger partial charge in [0.1, 0.15) is 5.75 Å². The van der Waals surface area contributed by atoms with E-state index in [2.05, 4.69) is 0 Å². The summed E-state index contributed by atoms with van der Waals surface area (Å²) in [7, 11) is 1.42. The Hall–Kier alpha value is -1.71. The monoisotopic (exact) mass is 249 g/mol. The molecule has 0 unspecified atom stereocenters. The Kier molecular flexibility index (Phi) is 4.45. The van der Waals surface area contributed by atoms with Crippen molar-refractivity contribution in [1.82, 2.24) is 4.90 Å². The van der Waals surface area contributed by atoms with Crippen molar-refractivity contribution in [2.45, 2.75) is 12.8 Å². The SMILES string of the molecule is COC(=O)N1CCC(COc2ccccc2)CC1. The van der Waals surface area contributed by atoms with Gasteiger partial charge in [-0.3, -0.25) is 0 Å². The molecule has 1 amide bonds. The first-order valence-corrected chi connectivity index (χ1v) is 6.30. The molecular weight excluding hydrogens is 230 g/mol. The number of nitrogens with zero attached hydrogens (tertiary/aromatic N) is 1. The van der Waals surface area contributed by atoms with E-state index in [1.807, 2.05) is 30.3 Å². The van der Waals surface area contributed by atoms with Gasteiger partial charge in [-0.05, 0) is 30.9 Å². The fourth-order valence-corrected chi connectivity index (χ4v) is 2.14. The number of methoxy groups -OCH3 is 1. The zero-order valence-corrected chi connectivity index (χ0v) is 10.7. The summed E-state index contributed by atoms with van der Waals surface area (Å²) in [6.45, 7) is 2.24. The van der Waals surface area contributed by atoms with Crippen molar-refractivity contribution in [3.8, 4) is 5.75 Å². The van der Waals surface area contributed by atoms with Gasteiger partial charge < -0.3 is 14.4 Å². The summed E-state index contributed by atoms with van der Waals surface area (Å²) in [5.74, 6) is 1.43. The van der Waals surface area contributed by atoms with Gasteiger partial charge in [0, 0.05) is 13.1 Å². The molecule has 1 aromatic carbocycles. The van der Waals surface area contributed by atoms with Crippen LogP contribution in [0.1, 0.15) is 12.8 Å². The van der Waals surface area contributed by atoms with Crippen molar-refractivity contribution in [2.75, 3.05) is 26.8 Å². The van der Waals surface area contributed by atoms with Crippen molar-refractivity contribution in [3.63, 3.8) is 0 Å². The van der Waals surface area contributed by atoms with Gasteiger partial charge in [0.15, 0.2) is 0 Å². The number of amides is 1. The summed E-state index contributed by atoms with van der Waals surface area (Å²) in [6, 6.07) is 9.83. The number of hydrogen-bond donors (Lipinski definition) is 0. The molecule has 0 saturated carbocycles. The third kappa shape index (κ3) is 3.39. The molecule has 1 fully saturated rings. The summed E-state index contributed by atoms with van der Waals surface area (Å²) < 4.78 is 10.4. The van der Waals surface area contributed by atoms with Crippen LogP contribution >= 0.6 is 0 Å². The molecule has 98 valence electrons. The minimum absolute atomic E-state index is 0.225. The largest absolute Gasteiger partial charge is 0.493 e. The number of piperidine rings is 1. The number of likely N-dealkylation sites (tertiary alicyclic amines) is 1. The highest BCUT2D eigenvalue weighted by Crippen LogP contribution is 2.19. The quantitative estimate of drug-likeness (QED) is 0.826. The Morgan fingerprint density at radius 1 is 1.28 bits per heavy atom. The van der Waals surface area contributed by atoms with E-state index in [-0.39, 0.29) is 6.09 Å². The molecule has 1 aromatic rings. The van der Waals surface area contributed by atoms with Crippen LogP contribution in [0.2, 0.25) is 0 Å². The standard InChI is InChI=1S/C14H19NO3/c1-17-14(16)15-9-7-12(8-10-15)11-18-13-5-3-2-4-6-13/h2-6,12H,7-11H2,1H3. The minimum Gasteiger partial charge on any atom is -0.493 e. The maximum absolute atomic E-state index is 11.3. The summed E-state index contributed by atoms with van der Waals surface area (Å²) in [5.41, 5.74) is 0. The van der Waals surface area contributed by atoms with Crippen LogP contribution in [-0.4, -0.2) is 37.8 Å². The fraction of sp³-hybridized carbons (Fsp3) is 0.500. The highest BCUT2D eigenvalue weighted by atomic mass is 16.5. The Bertz CT molecular complexity index is 372. The third-order valence-electron chi connectivity index (χ3n) is 3.28. The van der Waals surface area contributed by atoms with E-state index < -0.39 is 0 Å². The predicted octanol–water partition coefficient (Wildman–Crippen LogP) is 2.54. The summed E-state index contributed by atoms with van der Waals surface area (Å²) in [6.07, 6.45) is 1.72. The van der Waals surface area contributed by atoms with Crippen molar-refractivity contribution >= 4 is 6.09 Å². The molecule has 0 bridgehead atoms. The number of ether oxygens (including phenoxy) is 2. The Balaban J connectivity index is 1.72. The normalized spacial score (nSPS) is 16.4. The van der Waals surface area contributed by atoms with E-state index in [0.717, 1.165) is 38.3 Å². The van der Waals surface area contributed by atoms with Gasteiger partial charge in [-0.2, -0.15) is 0 Å². The number of carbonyl (C=O) groups excluding carboxylic acids is 1. The van der Waals surface area contributed by atoms with E-state index in [1.54, 1.807) is 4.90 Å². The molecular formula is C14H19NO3. The molecule has 4 nitrogen and oxygen atoms in total. The molecule has 1 heterocycles. The molecule has 0 spiro atoms. The molecule has 4 heteroatoms. The van der Waals surface area contributed by atoms with Gasteiger partial charge in [-0.15, -0.1) is 0 Å². The first-order valence-electron chi connectivity index (χ1n) is 6.30. The first-order chi connectivity index (χ1) is 8.79. The molecule has 0 N–H and O–H groups in total.